The lowest BCUT2D eigenvalue weighted by Crippen LogP contribution is -2.13. The summed E-state index contributed by atoms with van der Waals surface area (Å²) >= 11 is 0. The van der Waals surface area contributed by atoms with E-state index >= 15 is 0 Å². The summed E-state index contributed by atoms with van der Waals surface area (Å²) in [7, 11) is 0.708. The van der Waals surface area contributed by atoms with Gasteiger partial charge in [-0.15, -0.1) is 0 Å². The first-order chi connectivity index (χ1) is 10.5. The van der Waals surface area contributed by atoms with Crippen molar-refractivity contribution in [2.45, 2.75) is 4.90 Å². The Bertz CT molecular complexity index is 758. The van der Waals surface area contributed by atoms with Crippen molar-refractivity contribution in [3.63, 3.8) is 0 Å². The van der Waals surface area contributed by atoms with Crippen LogP contribution in [-0.4, -0.2) is 29.7 Å². The molecule has 0 saturated carbocycles. The summed E-state index contributed by atoms with van der Waals surface area (Å²) in [5.41, 5.74) is 0.325. The third-order valence-corrected chi connectivity index (χ3v) is 4.37. The third kappa shape index (κ3) is 3.43. The molecule has 0 unspecified atom stereocenters. The number of nitrogens with one attached hydrogen (secondary N) is 1. The number of ether oxygens (including phenoxy) is 3. The fourth-order valence-electron chi connectivity index (χ4n) is 1.85. The lowest BCUT2D eigenvalue weighted by Gasteiger charge is -2.13. The minimum absolute atomic E-state index is 0.102. The third-order valence-electron chi connectivity index (χ3n) is 3.00. The van der Waals surface area contributed by atoms with Crippen LogP contribution < -0.4 is 18.9 Å². The van der Waals surface area contributed by atoms with E-state index in [0.29, 0.717) is 22.9 Å². The number of rotatable bonds is 6. The largest absolute Gasteiger partial charge is 0.497 e. The van der Waals surface area contributed by atoms with Crippen LogP contribution in [0, 0.1) is 0 Å². The molecule has 0 heterocycles. The summed E-state index contributed by atoms with van der Waals surface area (Å²) in [6.07, 6.45) is 0. The van der Waals surface area contributed by atoms with Crippen molar-refractivity contribution in [1.82, 2.24) is 0 Å². The Balaban J connectivity index is 2.36. The number of benzene rings is 2. The molecule has 0 amide bonds. The molecular formula is C15H17NO5S. The number of hydrogen-bond acceptors (Lipinski definition) is 5. The summed E-state index contributed by atoms with van der Waals surface area (Å²) in [6, 6.07) is 11.0. The quantitative estimate of drug-likeness (QED) is 0.884. The van der Waals surface area contributed by atoms with Gasteiger partial charge in [0.05, 0.1) is 31.9 Å². The summed E-state index contributed by atoms with van der Waals surface area (Å²) in [5.74, 6) is 1.40. The Hall–Kier alpha value is -2.41. The van der Waals surface area contributed by atoms with Crippen molar-refractivity contribution >= 4 is 15.7 Å². The number of hydrogen-bond donors (Lipinski definition) is 1. The van der Waals surface area contributed by atoms with Crippen LogP contribution in [0.1, 0.15) is 0 Å². The predicted octanol–water partition coefficient (Wildman–Crippen LogP) is 2.51. The zero-order valence-electron chi connectivity index (χ0n) is 12.5. The molecule has 0 radical (unpaired) electrons. The lowest BCUT2D eigenvalue weighted by atomic mass is 10.3. The van der Waals surface area contributed by atoms with E-state index in [-0.39, 0.29) is 4.90 Å². The molecule has 7 heteroatoms. The maximum Gasteiger partial charge on any atom is 0.262 e. The molecule has 0 bridgehead atoms. The number of sulfonamides is 1. The Morgan fingerprint density at radius 3 is 2.18 bits per heavy atom. The van der Waals surface area contributed by atoms with E-state index in [9.17, 15) is 8.42 Å². The smallest absolute Gasteiger partial charge is 0.262 e. The standard InChI is InChI=1S/C15H17NO5S/c1-19-11-5-4-6-13(9-11)22(17,18)16-14-8-7-12(20-2)10-15(14)21-3/h4-10,16H,1-3H3. The normalized spacial score (nSPS) is 10.9. The molecule has 0 atom stereocenters. The summed E-state index contributed by atoms with van der Waals surface area (Å²) in [4.78, 5) is 0.102. The minimum Gasteiger partial charge on any atom is -0.497 e. The Morgan fingerprint density at radius 1 is 0.864 bits per heavy atom. The first-order valence-electron chi connectivity index (χ1n) is 6.39. The van der Waals surface area contributed by atoms with Gasteiger partial charge in [0.2, 0.25) is 0 Å². The van der Waals surface area contributed by atoms with E-state index in [1.54, 1.807) is 30.3 Å². The molecule has 0 fully saturated rings. The second-order valence-corrected chi connectivity index (χ2v) is 6.03. The zero-order valence-corrected chi connectivity index (χ0v) is 13.3. The van der Waals surface area contributed by atoms with Crippen LogP contribution in [0.2, 0.25) is 0 Å². The van der Waals surface area contributed by atoms with Crippen LogP contribution in [-0.2, 0) is 10.0 Å². The minimum atomic E-state index is -3.75. The Kier molecular flexibility index (Phi) is 4.77. The average Bonchev–Trinajstić information content (AvgIpc) is 2.55. The first kappa shape index (κ1) is 16.0. The molecule has 1 N–H and O–H groups in total. The van der Waals surface area contributed by atoms with E-state index in [1.165, 1.54) is 33.5 Å². The van der Waals surface area contributed by atoms with Crippen molar-refractivity contribution in [2.75, 3.05) is 26.1 Å². The Morgan fingerprint density at radius 2 is 1.55 bits per heavy atom. The SMILES string of the molecule is COc1cccc(S(=O)(=O)Nc2ccc(OC)cc2OC)c1. The van der Waals surface area contributed by atoms with E-state index in [0.717, 1.165) is 0 Å². The molecule has 22 heavy (non-hydrogen) atoms. The molecule has 2 rings (SSSR count). The number of methoxy groups -OCH3 is 3. The molecule has 0 spiro atoms. The topological polar surface area (TPSA) is 73.9 Å². The maximum absolute atomic E-state index is 12.4. The molecule has 0 aliphatic heterocycles. The predicted molar refractivity (Wildman–Crippen MR) is 83.3 cm³/mol. The summed E-state index contributed by atoms with van der Waals surface area (Å²) in [6.45, 7) is 0. The van der Waals surface area contributed by atoms with Crippen LogP contribution in [0.5, 0.6) is 17.2 Å². The highest BCUT2D eigenvalue weighted by Gasteiger charge is 2.17. The second kappa shape index (κ2) is 6.57. The fraction of sp³-hybridized carbons (Fsp3) is 0.200. The van der Waals surface area contributed by atoms with E-state index in [4.69, 9.17) is 14.2 Å². The lowest BCUT2D eigenvalue weighted by molar-refractivity contribution is 0.395. The number of anilines is 1. The Labute approximate surface area is 129 Å². The molecule has 0 aromatic heterocycles. The monoisotopic (exact) mass is 323 g/mol. The van der Waals surface area contributed by atoms with Crippen molar-refractivity contribution in [3.8, 4) is 17.2 Å². The highest BCUT2D eigenvalue weighted by Crippen LogP contribution is 2.31. The molecule has 0 aliphatic carbocycles. The van der Waals surface area contributed by atoms with Crippen LogP contribution in [0.3, 0.4) is 0 Å². The van der Waals surface area contributed by atoms with Gasteiger partial charge < -0.3 is 14.2 Å². The van der Waals surface area contributed by atoms with Gasteiger partial charge >= 0.3 is 0 Å². The van der Waals surface area contributed by atoms with Gasteiger partial charge in [0.1, 0.15) is 17.2 Å². The molecule has 118 valence electrons. The molecule has 2 aromatic carbocycles. The first-order valence-corrected chi connectivity index (χ1v) is 7.87. The van der Waals surface area contributed by atoms with Crippen LogP contribution >= 0.6 is 0 Å². The van der Waals surface area contributed by atoms with Crippen LogP contribution in [0.4, 0.5) is 5.69 Å². The van der Waals surface area contributed by atoms with Crippen molar-refractivity contribution in [2.24, 2.45) is 0 Å². The maximum atomic E-state index is 12.4. The highest BCUT2D eigenvalue weighted by atomic mass is 32.2. The average molecular weight is 323 g/mol. The van der Waals surface area contributed by atoms with Gasteiger partial charge in [0.25, 0.3) is 10.0 Å². The zero-order chi connectivity index (χ0) is 16.2. The van der Waals surface area contributed by atoms with Crippen molar-refractivity contribution in [3.05, 3.63) is 42.5 Å². The second-order valence-electron chi connectivity index (χ2n) is 4.35. The summed E-state index contributed by atoms with van der Waals surface area (Å²) < 4.78 is 42.7. The van der Waals surface area contributed by atoms with Crippen LogP contribution in [0.25, 0.3) is 0 Å². The highest BCUT2D eigenvalue weighted by molar-refractivity contribution is 7.92. The van der Waals surface area contributed by atoms with Gasteiger partial charge in [-0.1, -0.05) is 6.07 Å². The van der Waals surface area contributed by atoms with Crippen molar-refractivity contribution in [1.29, 1.82) is 0 Å². The molecule has 0 saturated heterocycles. The fourth-order valence-corrected chi connectivity index (χ4v) is 2.96. The van der Waals surface area contributed by atoms with E-state index in [1.807, 2.05) is 0 Å². The molecule has 6 nitrogen and oxygen atoms in total. The van der Waals surface area contributed by atoms with Gasteiger partial charge in [-0.05, 0) is 24.3 Å². The van der Waals surface area contributed by atoms with Crippen molar-refractivity contribution < 1.29 is 22.6 Å². The van der Waals surface area contributed by atoms with Crippen LogP contribution in [0.15, 0.2) is 47.4 Å². The van der Waals surface area contributed by atoms with Gasteiger partial charge in [-0.2, -0.15) is 0 Å². The molecule has 0 aliphatic rings. The molecule has 2 aromatic rings. The van der Waals surface area contributed by atoms with E-state index < -0.39 is 10.0 Å². The van der Waals surface area contributed by atoms with Gasteiger partial charge in [0, 0.05) is 12.1 Å². The van der Waals surface area contributed by atoms with E-state index in [2.05, 4.69) is 4.72 Å². The van der Waals surface area contributed by atoms with Gasteiger partial charge in [-0.3, -0.25) is 4.72 Å². The van der Waals surface area contributed by atoms with Gasteiger partial charge in [-0.25, -0.2) is 8.42 Å². The molecular weight excluding hydrogens is 306 g/mol. The summed E-state index contributed by atoms with van der Waals surface area (Å²) in [5, 5.41) is 0. The van der Waals surface area contributed by atoms with Gasteiger partial charge in [0.15, 0.2) is 0 Å².